The molecule has 1 rings (SSSR count). The summed E-state index contributed by atoms with van der Waals surface area (Å²) in [5.74, 6) is -10.9. The number of hydrogen-bond acceptors (Lipinski definition) is 5. The van der Waals surface area contributed by atoms with Gasteiger partial charge in [0.15, 0.2) is 0 Å². The third-order valence-electron chi connectivity index (χ3n) is 5.52. The Hall–Kier alpha value is -2.47. The number of hydrogen-bond donors (Lipinski definition) is 2. The first-order chi connectivity index (χ1) is 16.0. The van der Waals surface area contributed by atoms with Crippen LogP contribution in [0.1, 0.15) is 68.2 Å². The number of Topliss-reactive ketones (excluding diaryl/α,β-unsaturated/α-hetero) is 1. The normalized spacial score (nSPS) is 19.1. The molecule has 0 aromatic heterocycles. The number of carbonyl (C=O) groups excluding carboxylic acids is 4. The first-order valence-electron chi connectivity index (χ1n) is 11.6. The van der Waals surface area contributed by atoms with E-state index >= 15 is 0 Å². The Bertz CT molecular complexity index is 847. The number of ketones is 1. The van der Waals surface area contributed by atoms with Gasteiger partial charge < -0.3 is 20.3 Å². The number of alkyl carbamates (subject to hydrolysis) is 1. The minimum Gasteiger partial charge on any atom is -0.444 e. The molecule has 3 atom stereocenters. The van der Waals surface area contributed by atoms with Crippen LogP contribution in [-0.2, 0) is 19.1 Å². The van der Waals surface area contributed by atoms with Crippen molar-refractivity contribution in [2.24, 2.45) is 11.3 Å². The van der Waals surface area contributed by atoms with Crippen LogP contribution in [-0.4, -0.2) is 71.0 Å². The molecule has 1 unspecified atom stereocenters. The van der Waals surface area contributed by atoms with Crippen LogP contribution in [0.15, 0.2) is 0 Å². The lowest BCUT2D eigenvalue weighted by Gasteiger charge is -2.36. The smallest absolute Gasteiger partial charge is 0.444 e. The van der Waals surface area contributed by atoms with Gasteiger partial charge in [-0.3, -0.25) is 14.4 Å². The molecule has 1 saturated heterocycles. The fourth-order valence-electron chi connectivity index (χ4n) is 3.66. The average molecular weight is 530 g/mol. The fraction of sp³-hybridized carbons (Fsp3) is 0.826. The summed E-state index contributed by atoms with van der Waals surface area (Å²) in [4.78, 5) is 51.9. The Labute approximate surface area is 207 Å². The number of halogens is 5. The van der Waals surface area contributed by atoms with Gasteiger partial charge in [-0.2, -0.15) is 22.0 Å². The van der Waals surface area contributed by atoms with Crippen molar-refractivity contribution in [3.05, 3.63) is 0 Å². The zero-order valence-corrected chi connectivity index (χ0v) is 21.8. The molecule has 0 aliphatic carbocycles. The predicted octanol–water partition coefficient (Wildman–Crippen LogP) is 3.82. The highest BCUT2D eigenvalue weighted by Gasteiger charge is 2.64. The number of ether oxygens (including phenoxy) is 1. The van der Waals surface area contributed by atoms with Crippen molar-refractivity contribution in [3.63, 3.8) is 0 Å². The van der Waals surface area contributed by atoms with Gasteiger partial charge in [-0.15, -0.1) is 0 Å². The van der Waals surface area contributed by atoms with Crippen LogP contribution in [0.4, 0.5) is 26.7 Å². The topological polar surface area (TPSA) is 105 Å². The van der Waals surface area contributed by atoms with Crippen LogP contribution in [0.2, 0.25) is 0 Å². The Kier molecular flexibility index (Phi) is 9.53. The third-order valence-corrected chi connectivity index (χ3v) is 5.52. The molecule has 0 spiro atoms. The highest BCUT2D eigenvalue weighted by atomic mass is 19.4. The molecule has 208 valence electrons. The lowest BCUT2D eigenvalue weighted by Crippen LogP contribution is -2.61. The number of amides is 3. The number of alkyl halides is 5. The molecule has 1 fully saturated rings. The number of likely N-dealkylation sites (tertiary alicyclic amines) is 1. The fourth-order valence-corrected chi connectivity index (χ4v) is 3.66. The molecular formula is C23H36F5N3O5. The highest BCUT2D eigenvalue weighted by molar-refractivity contribution is 5.97. The largest absolute Gasteiger partial charge is 0.461 e. The van der Waals surface area contributed by atoms with Gasteiger partial charge in [0, 0.05) is 6.54 Å². The van der Waals surface area contributed by atoms with E-state index in [1.807, 2.05) is 5.32 Å². The van der Waals surface area contributed by atoms with Crippen molar-refractivity contribution in [2.45, 2.75) is 104 Å². The average Bonchev–Trinajstić information content (AvgIpc) is 3.15. The summed E-state index contributed by atoms with van der Waals surface area (Å²) in [5.41, 5.74) is -1.68. The zero-order chi connectivity index (χ0) is 28.4. The van der Waals surface area contributed by atoms with Gasteiger partial charge in [-0.1, -0.05) is 34.6 Å². The lowest BCUT2D eigenvalue weighted by molar-refractivity contribution is -0.270. The molecule has 1 heterocycles. The molecule has 36 heavy (non-hydrogen) atoms. The Morgan fingerprint density at radius 1 is 0.917 bits per heavy atom. The second kappa shape index (κ2) is 10.9. The maximum absolute atomic E-state index is 13.7. The molecule has 8 nitrogen and oxygen atoms in total. The van der Waals surface area contributed by atoms with Crippen LogP contribution in [0.5, 0.6) is 0 Å². The van der Waals surface area contributed by atoms with Crippen LogP contribution in [0, 0.1) is 11.3 Å². The quantitative estimate of drug-likeness (QED) is 0.488. The van der Waals surface area contributed by atoms with Crippen LogP contribution >= 0.6 is 0 Å². The Morgan fingerprint density at radius 2 is 1.44 bits per heavy atom. The molecule has 0 radical (unpaired) electrons. The van der Waals surface area contributed by atoms with Gasteiger partial charge in [0.1, 0.15) is 17.7 Å². The van der Waals surface area contributed by atoms with E-state index in [9.17, 15) is 41.1 Å². The van der Waals surface area contributed by atoms with Gasteiger partial charge in [0.25, 0.3) is 0 Å². The van der Waals surface area contributed by atoms with Crippen molar-refractivity contribution in [1.29, 1.82) is 0 Å². The molecule has 2 N–H and O–H groups in total. The third kappa shape index (κ3) is 7.76. The first kappa shape index (κ1) is 31.6. The second-order valence-corrected chi connectivity index (χ2v) is 11.3. The Morgan fingerprint density at radius 3 is 1.86 bits per heavy atom. The van der Waals surface area contributed by atoms with Crippen LogP contribution in [0.25, 0.3) is 0 Å². The molecular weight excluding hydrogens is 493 g/mol. The molecule has 1 aliphatic rings. The van der Waals surface area contributed by atoms with Crippen molar-refractivity contribution in [2.75, 3.05) is 6.54 Å². The minimum atomic E-state index is -6.12. The van der Waals surface area contributed by atoms with Gasteiger partial charge >= 0.3 is 18.2 Å². The van der Waals surface area contributed by atoms with E-state index in [1.54, 1.807) is 41.5 Å². The maximum atomic E-state index is 13.7. The van der Waals surface area contributed by atoms with E-state index in [1.165, 1.54) is 13.8 Å². The highest BCUT2D eigenvalue weighted by Crippen LogP contribution is 2.37. The predicted molar refractivity (Wildman–Crippen MR) is 120 cm³/mol. The molecule has 0 saturated carbocycles. The van der Waals surface area contributed by atoms with E-state index in [4.69, 9.17) is 4.74 Å². The van der Waals surface area contributed by atoms with Gasteiger partial charge in [-0.05, 0) is 44.9 Å². The molecule has 0 aromatic carbocycles. The second-order valence-electron chi connectivity index (χ2n) is 11.3. The molecule has 13 heteroatoms. The number of nitrogens with zero attached hydrogens (tertiary/aromatic N) is 1. The Balaban J connectivity index is 3.15. The summed E-state index contributed by atoms with van der Waals surface area (Å²) in [7, 11) is 0. The van der Waals surface area contributed by atoms with Gasteiger partial charge in [0.05, 0.1) is 6.04 Å². The van der Waals surface area contributed by atoms with E-state index in [2.05, 4.69) is 5.32 Å². The molecule has 3 amide bonds. The van der Waals surface area contributed by atoms with E-state index < -0.39 is 70.8 Å². The molecule has 0 bridgehead atoms. The summed E-state index contributed by atoms with van der Waals surface area (Å²) in [6.45, 7) is 12.4. The van der Waals surface area contributed by atoms with Crippen molar-refractivity contribution in [3.8, 4) is 0 Å². The summed E-state index contributed by atoms with van der Waals surface area (Å²) >= 11 is 0. The van der Waals surface area contributed by atoms with Gasteiger partial charge in [0.2, 0.25) is 17.6 Å². The van der Waals surface area contributed by atoms with E-state index in [-0.39, 0.29) is 13.0 Å². The zero-order valence-electron chi connectivity index (χ0n) is 21.8. The molecule has 0 aromatic rings. The van der Waals surface area contributed by atoms with Crippen LogP contribution in [0.3, 0.4) is 0 Å². The number of rotatable bonds is 7. The maximum Gasteiger partial charge on any atom is 0.461 e. The van der Waals surface area contributed by atoms with E-state index in [0.717, 1.165) is 4.90 Å². The van der Waals surface area contributed by atoms with Gasteiger partial charge in [-0.25, -0.2) is 4.79 Å². The summed E-state index contributed by atoms with van der Waals surface area (Å²) in [6.07, 6.45) is -6.55. The van der Waals surface area contributed by atoms with Crippen molar-refractivity contribution >= 4 is 23.7 Å². The first-order valence-corrected chi connectivity index (χ1v) is 11.6. The lowest BCUT2D eigenvalue weighted by atomic mass is 9.85. The van der Waals surface area contributed by atoms with Crippen molar-refractivity contribution in [1.82, 2.24) is 15.5 Å². The summed E-state index contributed by atoms with van der Waals surface area (Å²) in [5, 5.41) is 4.50. The molecule has 1 aliphatic heterocycles. The SMILES string of the molecule is CC(C)C(NC(=O)[C@@H]1CCCN1C(=O)[C@@H](NC(=O)OC(C)(C)C)C(C)(C)C)C(=O)C(F)(F)C(F)(F)F. The number of carbonyl (C=O) groups is 4. The van der Waals surface area contributed by atoms with E-state index in [0.29, 0.717) is 6.42 Å². The number of nitrogens with one attached hydrogen (secondary N) is 2. The minimum absolute atomic E-state index is 0.0818. The monoisotopic (exact) mass is 529 g/mol. The summed E-state index contributed by atoms with van der Waals surface area (Å²) < 4.78 is 70.8. The van der Waals surface area contributed by atoms with Crippen molar-refractivity contribution < 1.29 is 45.9 Å². The summed E-state index contributed by atoms with van der Waals surface area (Å²) in [6, 6.07) is -4.50. The van der Waals surface area contributed by atoms with Crippen LogP contribution < -0.4 is 10.6 Å². The standard InChI is InChI=1S/C23H36F5N3O5/c1-12(2)14(16(32)22(24,25)23(26,27)28)29-17(33)13-10-9-11-31(13)18(34)15(20(3,4)5)30-19(35)36-21(6,7)8/h12-15H,9-11H2,1-8H3,(H,29,33)(H,30,35)/t13-,14?,15+/m0/s1.